The third-order valence-corrected chi connectivity index (χ3v) is 6.31. The Kier molecular flexibility index (Phi) is 5.10. The van der Waals surface area contributed by atoms with Crippen LogP contribution in [0.5, 0.6) is 0 Å². The van der Waals surface area contributed by atoms with Crippen molar-refractivity contribution in [1.29, 1.82) is 0 Å². The molecule has 7 heteroatoms. The summed E-state index contributed by atoms with van der Waals surface area (Å²) in [6.45, 7) is 6.16. The largest absolute Gasteiger partial charge is 0.365 e. The first-order valence-corrected chi connectivity index (χ1v) is 11.0. The second kappa shape index (κ2) is 7.95. The minimum atomic E-state index is -0.236. The zero-order valence-corrected chi connectivity index (χ0v) is 18.7. The standard InChI is InChI=1S/C25H23ClN4O2/c1-16-5-3-6-19(13-16)29-12-11-28(15-17(29)2)24(31)20-7-4-10-30-23(20)27-22-9-8-18(26)14-21(22)25(30)32/h3-10,13-14,17H,11-12,15H2,1-2H3. The molecule has 3 heterocycles. The van der Waals surface area contributed by atoms with Gasteiger partial charge in [-0.2, -0.15) is 0 Å². The fourth-order valence-corrected chi connectivity index (χ4v) is 4.64. The average molecular weight is 447 g/mol. The van der Waals surface area contributed by atoms with E-state index in [1.54, 1.807) is 36.5 Å². The molecular formula is C25H23ClN4O2. The van der Waals surface area contributed by atoms with Gasteiger partial charge in [-0.25, -0.2) is 4.98 Å². The lowest BCUT2D eigenvalue weighted by Crippen LogP contribution is -2.53. The summed E-state index contributed by atoms with van der Waals surface area (Å²) in [6, 6.07) is 17.1. The van der Waals surface area contributed by atoms with Gasteiger partial charge in [0.15, 0.2) is 5.65 Å². The van der Waals surface area contributed by atoms with Gasteiger partial charge in [-0.3, -0.25) is 14.0 Å². The first-order valence-electron chi connectivity index (χ1n) is 10.7. The van der Waals surface area contributed by atoms with Crippen LogP contribution in [-0.4, -0.2) is 45.9 Å². The maximum Gasteiger partial charge on any atom is 0.265 e. The van der Waals surface area contributed by atoms with Crippen LogP contribution >= 0.6 is 11.6 Å². The van der Waals surface area contributed by atoms with Crippen molar-refractivity contribution in [3.05, 3.63) is 87.3 Å². The Morgan fingerprint density at radius 3 is 2.72 bits per heavy atom. The molecule has 1 amide bonds. The van der Waals surface area contributed by atoms with Gasteiger partial charge in [0.25, 0.3) is 11.5 Å². The van der Waals surface area contributed by atoms with E-state index in [0.717, 1.165) is 6.54 Å². The SMILES string of the molecule is Cc1cccc(N2CCN(C(=O)c3cccn4c(=O)c5cc(Cl)ccc5nc34)CC2C)c1. The van der Waals surface area contributed by atoms with E-state index in [2.05, 4.69) is 48.0 Å². The van der Waals surface area contributed by atoms with Crippen molar-refractivity contribution < 1.29 is 4.79 Å². The molecule has 32 heavy (non-hydrogen) atoms. The van der Waals surface area contributed by atoms with Crippen LogP contribution < -0.4 is 10.5 Å². The molecule has 0 spiro atoms. The number of halogens is 1. The van der Waals surface area contributed by atoms with Gasteiger partial charge in [0.05, 0.1) is 16.5 Å². The number of anilines is 1. The van der Waals surface area contributed by atoms with Crippen molar-refractivity contribution in [1.82, 2.24) is 14.3 Å². The molecule has 162 valence electrons. The predicted octanol–water partition coefficient (Wildman–Crippen LogP) is 4.16. The van der Waals surface area contributed by atoms with Gasteiger partial charge in [0.1, 0.15) is 0 Å². The number of amides is 1. The summed E-state index contributed by atoms with van der Waals surface area (Å²) in [6.07, 6.45) is 1.64. The Bertz CT molecular complexity index is 1410. The van der Waals surface area contributed by atoms with E-state index in [4.69, 9.17) is 11.6 Å². The van der Waals surface area contributed by atoms with Gasteiger partial charge in [0, 0.05) is 42.6 Å². The number of carbonyl (C=O) groups excluding carboxylic acids is 1. The number of rotatable bonds is 2. The van der Waals surface area contributed by atoms with Crippen molar-refractivity contribution in [2.24, 2.45) is 0 Å². The topological polar surface area (TPSA) is 57.9 Å². The highest BCUT2D eigenvalue weighted by atomic mass is 35.5. The summed E-state index contributed by atoms with van der Waals surface area (Å²) in [5, 5.41) is 0.907. The highest BCUT2D eigenvalue weighted by Gasteiger charge is 2.29. The molecule has 1 fully saturated rings. The van der Waals surface area contributed by atoms with Gasteiger partial charge in [0.2, 0.25) is 0 Å². The van der Waals surface area contributed by atoms with E-state index in [9.17, 15) is 9.59 Å². The second-order valence-corrected chi connectivity index (χ2v) is 8.76. The maximum atomic E-state index is 13.5. The molecule has 5 rings (SSSR count). The predicted molar refractivity (Wildman–Crippen MR) is 128 cm³/mol. The number of hydrogen-bond donors (Lipinski definition) is 0. The van der Waals surface area contributed by atoms with Crippen LogP contribution in [0.25, 0.3) is 16.6 Å². The quantitative estimate of drug-likeness (QED) is 0.434. The molecule has 1 aliphatic rings. The van der Waals surface area contributed by atoms with Gasteiger partial charge >= 0.3 is 0 Å². The van der Waals surface area contributed by atoms with Crippen LogP contribution in [0.4, 0.5) is 5.69 Å². The van der Waals surface area contributed by atoms with Crippen LogP contribution in [0.15, 0.2) is 65.6 Å². The number of pyridine rings is 1. The number of piperazine rings is 1. The minimum Gasteiger partial charge on any atom is -0.365 e. The summed E-state index contributed by atoms with van der Waals surface area (Å²) in [7, 11) is 0. The lowest BCUT2D eigenvalue weighted by atomic mass is 10.1. The van der Waals surface area contributed by atoms with Gasteiger partial charge in [-0.15, -0.1) is 0 Å². The molecule has 1 aliphatic heterocycles. The molecule has 2 aromatic heterocycles. The highest BCUT2D eigenvalue weighted by molar-refractivity contribution is 6.31. The molecule has 1 atom stereocenters. The molecule has 2 aromatic carbocycles. The van der Waals surface area contributed by atoms with E-state index in [0.29, 0.717) is 40.2 Å². The van der Waals surface area contributed by atoms with Crippen molar-refractivity contribution in [2.75, 3.05) is 24.5 Å². The Labute approximate surface area is 190 Å². The number of benzene rings is 2. The molecular weight excluding hydrogens is 424 g/mol. The minimum absolute atomic E-state index is 0.112. The van der Waals surface area contributed by atoms with E-state index in [1.165, 1.54) is 15.7 Å². The first-order chi connectivity index (χ1) is 15.4. The zero-order chi connectivity index (χ0) is 22.4. The number of aromatic nitrogens is 2. The Morgan fingerprint density at radius 2 is 1.94 bits per heavy atom. The third-order valence-electron chi connectivity index (χ3n) is 6.08. The lowest BCUT2D eigenvalue weighted by molar-refractivity contribution is 0.0727. The number of carbonyl (C=O) groups is 1. The van der Waals surface area contributed by atoms with Crippen LogP contribution in [0.3, 0.4) is 0 Å². The van der Waals surface area contributed by atoms with E-state index < -0.39 is 0 Å². The molecule has 1 saturated heterocycles. The number of nitrogens with zero attached hydrogens (tertiary/aromatic N) is 4. The second-order valence-electron chi connectivity index (χ2n) is 8.33. The molecule has 0 saturated carbocycles. The molecule has 6 nitrogen and oxygen atoms in total. The average Bonchev–Trinajstić information content (AvgIpc) is 2.79. The van der Waals surface area contributed by atoms with E-state index in [-0.39, 0.29) is 17.5 Å². The molecule has 0 bridgehead atoms. The molecule has 4 aromatic rings. The maximum absolute atomic E-state index is 13.5. The third kappa shape index (κ3) is 3.50. The fraction of sp³-hybridized carbons (Fsp3) is 0.240. The summed E-state index contributed by atoms with van der Waals surface area (Å²) in [5.41, 5.74) is 3.47. The summed E-state index contributed by atoms with van der Waals surface area (Å²) >= 11 is 6.06. The number of aryl methyl sites for hydroxylation is 1. The van der Waals surface area contributed by atoms with Crippen LogP contribution in [0, 0.1) is 6.92 Å². The van der Waals surface area contributed by atoms with Crippen LogP contribution in [0.2, 0.25) is 5.02 Å². The van der Waals surface area contributed by atoms with Crippen LogP contribution in [-0.2, 0) is 0 Å². The zero-order valence-electron chi connectivity index (χ0n) is 18.0. The van der Waals surface area contributed by atoms with Crippen molar-refractivity contribution in [3.63, 3.8) is 0 Å². The molecule has 0 N–H and O–H groups in total. The summed E-state index contributed by atoms with van der Waals surface area (Å²) in [4.78, 5) is 35.3. The Morgan fingerprint density at radius 1 is 1.09 bits per heavy atom. The molecule has 0 radical (unpaired) electrons. The van der Waals surface area contributed by atoms with Gasteiger partial charge < -0.3 is 9.80 Å². The molecule has 0 aliphatic carbocycles. The van der Waals surface area contributed by atoms with Gasteiger partial charge in [-0.05, 0) is 61.9 Å². The summed E-state index contributed by atoms with van der Waals surface area (Å²) in [5.74, 6) is -0.112. The van der Waals surface area contributed by atoms with Crippen molar-refractivity contribution in [3.8, 4) is 0 Å². The normalized spacial score (nSPS) is 16.7. The van der Waals surface area contributed by atoms with Crippen molar-refractivity contribution >= 4 is 39.7 Å². The van der Waals surface area contributed by atoms with Crippen LogP contribution in [0.1, 0.15) is 22.8 Å². The first kappa shape index (κ1) is 20.5. The smallest absolute Gasteiger partial charge is 0.265 e. The lowest BCUT2D eigenvalue weighted by Gasteiger charge is -2.41. The fourth-order valence-electron chi connectivity index (χ4n) is 4.47. The van der Waals surface area contributed by atoms with Gasteiger partial charge in [-0.1, -0.05) is 23.7 Å². The number of hydrogen-bond acceptors (Lipinski definition) is 4. The van der Waals surface area contributed by atoms with Crippen molar-refractivity contribution in [2.45, 2.75) is 19.9 Å². The van der Waals surface area contributed by atoms with E-state index in [1.807, 2.05) is 4.90 Å². The monoisotopic (exact) mass is 446 g/mol. The highest BCUT2D eigenvalue weighted by Crippen LogP contribution is 2.23. The summed E-state index contributed by atoms with van der Waals surface area (Å²) < 4.78 is 1.43. The molecule has 1 unspecified atom stereocenters. The Hall–Kier alpha value is -3.38. The Balaban J connectivity index is 1.48. The number of fused-ring (bicyclic) bond motifs is 2. The van der Waals surface area contributed by atoms with E-state index >= 15 is 0 Å².